The fraction of sp³-hybridized carbons (Fsp3) is 0.571. The number of aromatic nitrogens is 2. The summed E-state index contributed by atoms with van der Waals surface area (Å²) in [6, 6.07) is 1.62. The van der Waals surface area contributed by atoms with Gasteiger partial charge >= 0.3 is 0 Å². The van der Waals surface area contributed by atoms with Gasteiger partial charge in [0.1, 0.15) is 0 Å². The number of nitrogens with zero attached hydrogens (tertiary/aromatic N) is 4. The third kappa shape index (κ3) is 4.96. The molecule has 1 aliphatic rings. The second-order valence-electron chi connectivity index (χ2n) is 5.68. The van der Waals surface area contributed by atoms with Crippen molar-refractivity contribution < 1.29 is 18.0 Å². The minimum absolute atomic E-state index is 0.0214. The monoisotopic (exact) mass is 355 g/mol. The number of rotatable bonds is 7. The maximum atomic E-state index is 12.1. The first-order valence-electron chi connectivity index (χ1n) is 7.58. The molecular formula is C14H21N5O4S. The van der Waals surface area contributed by atoms with Gasteiger partial charge in [0, 0.05) is 39.7 Å². The van der Waals surface area contributed by atoms with Gasteiger partial charge in [0.2, 0.25) is 27.8 Å². The van der Waals surface area contributed by atoms with Crippen LogP contribution in [0.25, 0.3) is 0 Å². The van der Waals surface area contributed by atoms with Crippen LogP contribution >= 0.6 is 0 Å². The lowest BCUT2D eigenvalue weighted by Crippen LogP contribution is -2.43. The number of carbonyl (C=O) groups is 2. The third-order valence-electron chi connectivity index (χ3n) is 3.54. The lowest BCUT2D eigenvalue weighted by Gasteiger charge is -2.24. The number of hydrogen-bond donors (Lipinski definition) is 1. The molecule has 2 amide bonds. The Labute approximate surface area is 141 Å². The van der Waals surface area contributed by atoms with E-state index in [1.54, 1.807) is 31.3 Å². The maximum Gasteiger partial charge on any atom is 0.229 e. The van der Waals surface area contributed by atoms with Crippen LogP contribution in [0.3, 0.4) is 0 Å². The van der Waals surface area contributed by atoms with Gasteiger partial charge in [0.25, 0.3) is 0 Å². The third-order valence-corrected chi connectivity index (χ3v) is 4.84. The zero-order valence-corrected chi connectivity index (χ0v) is 14.5. The van der Waals surface area contributed by atoms with Gasteiger partial charge in [-0.05, 0) is 12.5 Å². The molecule has 0 spiro atoms. The van der Waals surface area contributed by atoms with Gasteiger partial charge in [0.05, 0.1) is 18.0 Å². The highest BCUT2D eigenvalue weighted by Crippen LogP contribution is 2.12. The molecule has 9 nitrogen and oxygen atoms in total. The summed E-state index contributed by atoms with van der Waals surface area (Å²) in [5.41, 5.74) is 0.530. The summed E-state index contributed by atoms with van der Waals surface area (Å²) in [7, 11) is -0.0540. The number of imide groups is 1. The normalized spacial score (nSPS) is 15.7. The van der Waals surface area contributed by atoms with Gasteiger partial charge < -0.3 is 4.90 Å². The summed E-state index contributed by atoms with van der Waals surface area (Å²) in [5.74, 6) is -0.465. The van der Waals surface area contributed by atoms with E-state index in [0.717, 1.165) is 4.90 Å². The summed E-state index contributed by atoms with van der Waals surface area (Å²) in [5, 5.41) is 0. The van der Waals surface area contributed by atoms with Crippen LogP contribution < -0.4 is 9.62 Å². The molecule has 0 bridgehead atoms. The van der Waals surface area contributed by atoms with E-state index in [4.69, 9.17) is 0 Å². The Morgan fingerprint density at radius 1 is 1.25 bits per heavy atom. The molecule has 1 aliphatic heterocycles. The smallest absolute Gasteiger partial charge is 0.229 e. The molecule has 0 aromatic carbocycles. The van der Waals surface area contributed by atoms with Gasteiger partial charge in [-0.1, -0.05) is 0 Å². The number of sulfonamides is 1. The Balaban J connectivity index is 1.90. The van der Waals surface area contributed by atoms with Crippen molar-refractivity contribution in [2.24, 2.45) is 0 Å². The molecular weight excluding hydrogens is 334 g/mol. The predicted octanol–water partition coefficient (Wildman–Crippen LogP) is -0.499. The van der Waals surface area contributed by atoms with Gasteiger partial charge in [-0.15, -0.1) is 0 Å². The van der Waals surface area contributed by atoms with Crippen LogP contribution in [0.1, 0.15) is 25.0 Å². The Bertz CT molecular complexity index is 704. The summed E-state index contributed by atoms with van der Waals surface area (Å²) < 4.78 is 26.6. The summed E-state index contributed by atoms with van der Waals surface area (Å²) in [6.07, 6.45) is 2.65. The minimum Gasteiger partial charge on any atom is -0.347 e. The fourth-order valence-electron chi connectivity index (χ4n) is 2.22. The summed E-state index contributed by atoms with van der Waals surface area (Å²) in [6.45, 7) is -0.104. The van der Waals surface area contributed by atoms with E-state index in [1.165, 1.54) is 0 Å². The van der Waals surface area contributed by atoms with E-state index in [9.17, 15) is 18.0 Å². The zero-order chi connectivity index (χ0) is 17.7. The van der Waals surface area contributed by atoms with Crippen molar-refractivity contribution in [1.82, 2.24) is 19.6 Å². The number of nitrogens with one attached hydrogen (secondary N) is 1. The van der Waals surface area contributed by atoms with E-state index in [1.807, 2.05) is 0 Å². The second kappa shape index (κ2) is 7.67. The number of hydrogen-bond acceptors (Lipinski definition) is 7. The van der Waals surface area contributed by atoms with Crippen LogP contribution in [0.2, 0.25) is 0 Å². The van der Waals surface area contributed by atoms with Gasteiger partial charge in [0.15, 0.2) is 0 Å². The fourth-order valence-corrected chi connectivity index (χ4v) is 3.15. The second-order valence-corrected chi connectivity index (χ2v) is 7.60. The number of carbonyl (C=O) groups excluding carboxylic acids is 2. The molecule has 1 fully saturated rings. The highest BCUT2D eigenvalue weighted by Gasteiger charge is 2.27. The molecule has 0 atom stereocenters. The Kier molecular flexibility index (Phi) is 5.84. The van der Waals surface area contributed by atoms with E-state index >= 15 is 0 Å². The average molecular weight is 355 g/mol. The lowest BCUT2D eigenvalue weighted by atomic mass is 10.1. The average Bonchev–Trinajstić information content (AvgIpc) is 2.53. The van der Waals surface area contributed by atoms with Crippen molar-refractivity contribution in [3.8, 4) is 0 Å². The van der Waals surface area contributed by atoms with Gasteiger partial charge in [-0.3, -0.25) is 14.5 Å². The molecule has 0 unspecified atom stereocenters. The Morgan fingerprint density at radius 2 is 1.92 bits per heavy atom. The van der Waals surface area contributed by atoms with E-state index in [2.05, 4.69) is 14.7 Å². The number of amides is 2. The number of likely N-dealkylation sites (tertiary alicyclic amines) is 1. The van der Waals surface area contributed by atoms with E-state index < -0.39 is 10.0 Å². The first-order chi connectivity index (χ1) is 11.3. The predicted molar refractivity (Wildman–Crippen MR) is 87.6 cm³/mol. The quantitative estimate of drug-likeness (QED) is 0.656. The van der Waals surface area contributed by atoms with E-state index in [-0.39, 0.29) is 43.5 Å². The van der Waals surface area contributed by atoms with Crippen LogP contribution in [-0.4, -0.2) is 61.5 Å². The first kappa shape index (κ1) is 18.3. The maximum absolute atomic E-state index is 12.1. The van der Waals surface area contributed by atoms with Crippen molar-refractivity contribution >= 4 is 27.8 Å². The molecule has 132 valence electrons. The lowest BCUT2D eigenvalue weighted by molar-refractivity contribution is -0.147. The van der Waals surface area contributed by atoms with E-state index in [0.29, 0.717) is 18.1 Å². The Morgan fingerprint density at radius 3 is 2.54 bits per heavy atom. The molecule has 1 saturated heterocycles. The minimum atomic E-state index is -3.63. The zero-order valence-electron chi connectivity index (χ0n) is 13.7. The van der Waals surface area contributed by atoms with Crippen LogP contribution in [0.4, 0.5) is 5.95 Å². The molecule has 2 heterocycles. The van der Waals surface area contributed by atoms with Crippen molar-refractivity contribution in [1.29, 1.82) is 0 Å². The SMILES string of the molecule is CN(C)c1nccc(CNS(=O)(=O)CCN2C(=O)CCCC2=O)n1. The van der Waals surface area contributed by atoms with Crippen molar-refractivity contribution in [2.45, 2.75) is 25.8 Å². The van der Waals surface area contributed by atoms with Crippen LogP contribution in [0.15, 0.2) is 12.3 Å². The van der Waals surface area contributed by atoms with Crippen molar-refractivity contribution in [3.05, 3.63) is 18.0 Å². The summed E-state index contributed by atoms with van der Waals surface area (Å²) in [4.78, 5) is 34.4. The molecule has 0 aliphatic carbocycles. The van der Waals surface area contributed by atoms with Crippen LogP contribution in [0, 0.1) is 0 Å². The molecule has 1 aromatic heterocycles. The van der Waals surface area contributed by atoms with Crippen LogP contribution in [-0.2, 0) is 26.2 Å². The molecule has 0 saturated carbocycles. The number of anilines is 1. The highest BCUT2D eigenvalue weighted by molar-refractivity contribution is 7.89. The van der Waals surface area contributed by atoms with Crippen molar-refractivity contribution in [3.63, 3.8) is 0 Å². The topological polar surface area (TPSA) is 113 Å². The molecule has 1 N–H and O–H groups in total. The summed E-state index contributed by atoms with van der Waals surface area (Å²) >= 11 is 0. The standard InChI is InChI=1S/C14H21N5O4S/c1-18(2)14-15-7-6-11(17-14)10-16-24(22,23)9-8-19-12(20)4-3-5-13(19)21/h6-7,16H,3-5,8-10H2,1-2H3. The van der Waals surface area contributed by atoms with Crippen LogP contribution in [0.5, 0.6) is 0 Å². The molecule has 10 heteroatoms. The first-order valence-corrected chi connectivity index (χ1v) is 9.23. The molecule has 1 aromatic rings. The highest BCUT2D eigenvalue weighted by atomic mass is 32.2. The van der Waals surface area contributed by atoms with Gasteiger partial charge in [-0.2, -0.15) is 0 Å². The molecule has 2 rings (SSSR count). The number of piperidine rings is 1. The Hall–Kier alpha value is -2.07. The molecule has 24 heavy (non-hydrogen) atoms. The largest absolute Gasteiger partial charge is 0.347 e. The van der Waals surface area contributed by atoms with Crippen molar-refractivity contribution in [2.75, 3.05) is 31.3 Å². The van der Waals surface area contributed by atoms with Gasteiger partial charge in [-0.25, -0.2) is 23.1 Å². The molecule has 0 radical (unpaired) electrons.